The zero-order valence-corrected chi connectivity index (χ0v) is 9.32. The second-order valence-corrected chi connectivity index (χ2v) is 4.31. The van der Waals surface area contributed by atoms with Crippen LogP contribution in [0.1, 0.15) is 12.0 Å². The lowest BCUT2D eigenvalue weighted by Crippen LogP contribution is -2.49. The van der Waals surface area contributed by atoms with Gasteiger partial charge < -0.3 is 10.2 Å². The van der Waals surface area contributed by atoms with Crippen LogP contribution in [0, 0.1) is 0 Å². The molecular weight excluding hydrogens is 186 g/mol. The van der Waals surface area contributed by atoms with Gasteiger partial charge in [-0.25, -0.2) is 0 Å². The molecule has 0 aliphatic carbocycles. The maximum Gasteiger partial charge on any atom is 0.0299 e. The van der Waals surface area contributed by atoms with E-state index in [2.05, 4.69) is 28.3 Å². The molecule has 1 aliphatic rings. The third kappa shape index (κ3) is 3.29. The highest BCUT2D eigenvalue weighted by Gasteiger charge is 2.15. The standard InChI is InChI=1S/C12H19N3/c1-15-8-7-14-12(10-15)5-4-11-3-2-6-13-9-11/h2-3,6,9,12,14H,4-5,7-8,10H2,1H3. The molecule has 3 nitrogen and oxygen atoms in total. The molecule has 0 amide bonds. The summed E-state index contributed by atoms with van der Waals surface area (Å²) in [6, 6.07) is 4.80. The zero-order valence-electron chi connectivity index (χ0n) is 9.32. The van der Waals surface area contributed by atoms with Crippen LogP contribution in [0.5, 0.6) is 0 Å². The lowest BCUT2D eigenvalue weighted by molar-refractivity contribution is 0.232. The summed E-state index contributed by atoms with van der Waals surface area (Å²) >= 11 is 0. The zero-order chi connectivity index (χ0) is 10.5. The van der Waals surface area contributed by atoms with Crippen LogP contribution in [-0.4, -0.2) is 42.6 Å². The molecule has 0 aromatic carbocycles. The number of aryl methyl sites for hydroxylation is 1. The highest BCUT2D eigenvalue weighted by Crippen LogP contribution is 2.06. The first-order chi connectivity index (χ1) is 7.34. The van der Waals surface area contributed by atoms with Gasteiger partial charge in [0.25, 0.3) is 0 Å². The summed E-state index contributed by atoms with van der Waals surface area (Å²) in [6.07, 6.45) is 6.12. The normalized spacial score (nSPS) is 22.9. The molecule has 1 atom stereocenters. The van der Waals surface area contributed by atoms with Crippen LogP contribution in [0.2, 0.25) is 0 Å². The van der Waals surface area contributed by atoms with Crippen molar-refractivity contribution in [2.24, 2.45) is 0 Å². The minimum atomic E-state index is 0.643. The number of nitrogens with one attached hydrogen (secondary N) is 1. The Bertz CT molecular complexity index is 286. The van der Waals surface area contributed by atoms with Crippen LogP contribution in [0.4, 0.5) is 0 Å². The second-order valence-electron chi connectivity index (χ2n) is 4.31. The van der Waals surface area contributed by atoms with Crippen molar-refractivity contribution >= 4 is 0 Å². The summed E-state index contributed by atoms with van der Waals surface area (Å²) in [4.78, 5) is 6.53. The Morgan fingerprint density at radius 3 is 3.27 bits per heavy atom. The molecule has 1 fully saturated rings. The van der Waals surface area contributed by atoms with Crippen LogP contribution < -0.4 is 5.32 Å². The van der Waals surface area contributed by atoms with E-state index < -0.39 is 0 Å². The van der Waals surface area contributed by atoms with Crippen LogP contribution in [0.15, 0.2) is 24.5 Å². The molecule has 82 valence electrons. The van der Waals surface area contributed by atoms with Gasteiger partial charge in [0.15, 0.2) is 0 Å². The average Bonchev–Trinajstić information content (AvgIpc) is 2.28. The number of aromatic nitrogens is 1. The summed E-state index contributed by atoms with van der Waals surface area (Å²) in [5, 5.41) is 3.56. The number of hydrogen-bond acceptors (Lipinski definition) is 3. The van der Waals surface area contributed by atoms with Crippen molar-refractivity contribution in [3.05, 3.63) is 30.1 Å². The Morgan fingerprint density at radius 1 is 1.60 bits per heavy atom. The molecule has 1 unspecified atom stereocenters. The second kappa shape index (κ2) is 5.24. The highest BCUT2D eigenvalue weighted by molar-refractivity contribution is 5.08. The monoisotopic (exact) mass is 205 g/mol. The maximum absolute atomic E-state index is 4.13. The molecule has 2 rings (SSSR count). The van der Waals surface area contributed by atoms with Crippen molar-refractivity contribution in [1.82, 2.24) is 15.2 Å². The molecule has 2 heterocycles. The number of piperazine rings is 1. The number of likely N-dealkylation sites (N-methyl/N-ethyl adjacent to an activating group) is 1. The molecule has 1 aromatic heterocycles. The van der Waals surface area contributed by atoms with Crippen LogP contribution in [-0.2, 0) is 6.42 Å². The summed E-state index contributed by atoms with van der Waals surface area (Å²) in [7, 11) is 2.19. The third-order valence-corrected chi connectivity index (χ3v) is 2.96. The summed E-state index contributed by atoms with van der Waals surface area (Å²) in [5.74, 6) is 0. The Balaban J connectivity index is 1.78. The van der Waals surface area contributed by atoms with Gasteiger partial charge in [-0.15, -0.1) is 0 Å². The number of nitrogens with zero attached hydrogens (tertiary/aromatic N) is 2. The fraction of sp³-hybridized carbons (Fsp3) is 0.583. The first kappa shape index (κ1) is 10.6. The van der Waals surface area contributed by atoms with E-state index in [1.165, 1.54) is 25.1 Å². The van der Waals surface area contributed by atoms with E-state index in [4.69, 9.17) is 0 Å². The Hall–Kier alpha value is -0.930. The largest absolute Gasteiger partial charge is 0.311 e. The van der Waals surface area contributed by atoms with Gasteiger partial charge in [-0.05, 0) is 31.5 Å². The predicted octanol–water partition coefficient (Wildman–Crippen LogP) is 0.918. The van der Waals surface area contributed by atoms with Crippen molar-refractivity contribution in [2.45, 2.75) is 18.9 Å². The van der Waals surface area contributed by atoms with Gasteiger partial charge in [-0.1, -0.05) is 6.07 Å². The molecule has 1 N–H and O–H groups in total. The van der Waals surface area contributed by atoms with E-state index in [0.717, 1.165) is 13.0 Å². The molecule has 3 heteroatoms. The Morgan fingerprint density at radius 2 is 2.53 bits per heavy atom. The first-order valence-corrected chi connectivity index (χ1v) is 5.65. The van der Waals surface area contributed by atoms with E-state index in [1.54, 1.807) is 0 Å². The van der Waals surface area contributed by atoms with Crippen molar-refractivity contribution in [3.63, 3.8) is 0 Å². The topological polar surface area (TPSA) is 28.2 Å². The molecule has 15 heavy (non-hydrogen) atoms. The lowest BCUT2D eigenvalue weighted by Gasteiger charge is -2.30. The molecule has 1 aromatic rings. The van der Waals surface area contributed by atoms with Gasteiger partial charge in [0.2, 0.25) is 0 Å². The van der Waals surface area contributed by atoms with E-state index in [0.29, 0.717) is 6.04 Å². The molecular formula is C12H19N3. The van der Waals surface area contributed by atoms with Crippen molar-refractivity contribution in [2.75, 3.05) is 26.7 Å². The van der Waals surface area contributed by atoms with Gasteiger partial charge in [-0.2, -0.15) is 0 Å². The minimum Gasteiger partial charge on any atom is -0.311 e. The van der Waals surface area contributed by atoms with Gasteiger partial charge in [-0.3, -0.25) is 4.98 Å². The van der Waals surface area contributed by atoms with Crippen LogP contribution in [0.3, 0.4) is 0 Å². The van der Waals surface area contributed by atoms with Crippen LogP contribution >= 0.6 is 0 Å². The smallest absolute Gasteiger partial charge is 0.0299 e. The minimum absolute atomic E-state index is 0.643. The first-order valence-electron chi connectivity index (χ1n) is 5.65. The molecule has 0 bridgehead atoms. The molecule has 0 spiro atoms. The van der Waals surface area contributed by atoms with Gasteiger partial charge in [0, 0.05) is 38.1 Å². The Kier molecular flexibility index (Phi) is 3.69. The van der Waals surface area contributed by atoms with E-state index >= 15 is 0 Å². The molecule has 0 saturated carbocycles. The summed E-state index contributed by atoms with van der Waals surface area (Å²) in [6.45, 7) is 3.46. The van der Waals surface area contributed by atoms with E-state index in [9.17, 15) is 0 Å². The summed E-state index contributed by atoms with van der Waals surface area (Å²) in [5.41, 5.74) is 1.34. The maximum atomic E-state index is 4.13. The SMILES string of the molecule is CN1CCNC(CCc2cccnc2)C1. The van der Waals surface area contributed by atoms with Gasteiger partial charge in [0.1, 0.15) is 0 Å². The number of pyridine rings is 1. The molecule has 1 saturated heterocycles. The van der Waals surface area contributed by atoms with Crippen molar-refractivity contribution < 1.29 is 0 Å². The third-order valence-electron chi connectivity index (χ3n) is 2.96. The Labute approximate surface area is 91.5 Å². The van der Waals surface area contributed by atoms with Crippen molar-refractivity contribution in [1.29, 1.82) is 0 Å². The van der Waals surface area contributed by atoms with E-state index in [1.807, 2.05) is 18.5 Å². The van der Waals surface area contributed by atoms with E-state index in [-0.39, 0.29) is 0 Å². The summed E-state index contributed by atoms with van der Waals surface area (Å²) < 4.78 is 0. The van der Waals surface area contributed by atoms with Gasteiger partial charge >= 0.3 is 0 Å². The quantitative estimate of drug-likeness (QED) is 0.795. The lowest BCUT2D eigenvalue weighted by atomic mass is 10.1. The number of hydrogen-bond donors (Lipinski definition) is 1. The molecule has 0 radical (unpaired) electrons. The fourth-order valence-electron chi connectivity index (χ4n) is 2.07. The van der Waals surface area contributed by atoms with Crippen molar-refractivity contribution in [3.8, 4) is 0 Å². The molecule has 1 aliphatic heterocycles. The fourth-order valence-corrected chi connectivity index (χ4v) is 2.07. The predicted molar refractivity (Wildman–Crippen MR) is 61.8 cm³/mol. The average molecular weight is 205 g/mol. The highest BCUT2D eigenvalue weighted by atomic mass is 15.2. The van der Waals surface area contributed by atoms with Crippen LogP contribution in [0.25, 0.3) is 0 Å². The van der Waals surface area contributed by atoms with Gasteiger partial charge in [0.05, 0.1) is 0 Å². The number of rotatable bonds is 3.